The topological polar surface area (TPSA) is 81.0 Å². The predicted octanol–water partition coefficient (Wildman–Crippen LogP) is 4.07. The van der Waals surface area contributed by atoms with Gasteiger partial charge in [0.2, 0.25) is 5.91 Å². The molecular formula is C21H22BrN5O2S. The number of nitrogens with zero attached hydrogens (tertiary/aromatic N) is 3. The summed E-state index contributed by atoms with van der Waals surface area (Å²) in [5, 5.41) is 10.2. The quantitative estimate of drug-likeness (QED) is 0.492. The summed E-state index contributed by atoms with van der Waals surface area (Å²) >= 11 is 8.83. The second kappa shape index (κ2) is 9.82. The van der Waals surface area contributed by atoms with Crippen molar-refractivity contribution in [2.45, 2.75) is 33.5 Å². The molecule has 0 aliphatic rings. The van der Waals surface area contributed by atoms with Crippen molar-refractivity contribution in [3.8, 4) is 0 Å². The molecule has 3 aromatic rings. The largest absolute Gasteiger partial charge is 0.345 e. The SMILES string of the molecule is CCn1c(CNC(=O)c2ccccc2C)nn(CC(=O)Nc2ccc(Br)cc2)c1=S. The van der Waals surface area contributed by atoms with Crippen LogP contribution in [0.25, 0.3) is 0 Å². The van der Waals surface area contributed by atoms with E-state index in [1.807, 2.05) is 44.2 Å². The Balaban J connectivity index is 1.69. The molecule has 0 unspecified atom stereocenters. The first-order valence-corrected chi connectivity index (χ1v) is 10.6. The summed E-state index contributed by atoms with van der Waals surface area (Å²) < 4.78 is 4.65. The van der Waals surface area contributed by atoms with Crippen molar-refractivity contribution >= 4 is 45.6 Å². The summed E-state index contributed by atoms with van der Waals surface area (Å²) in [6, 6.07) is 14.7. The Hall–Kier alpha value is -2.78. The van der Waals surface area contributed by atoms with Gasteiger partial charge in [0.25, 0.3) is 5.91 Å². The average molecular weight is 488 g/mol. The van der Waals surface area contributed by atoms with Crippen molar-refractivity contribution in [2.75, 3.05) is 5.32 Å². The molecule has 0 spiro atoms. The van der Waals surface area contributed by atoms with E-state index in [9.17, 15) is 9.59 Å². The van der Waals surface area contributed by atoms with Crippen LogP contribution in [0.3, 0.4) is 0 Å². The number of aromatic nitrogens is 3. The molecule has 9 heteroatoms. The standard InChI is InChI=1S/C21H22BrN5O2S/c1-3-26-18(12-23-20(29)17-7-5-4-6-14(17)2)25-27(21(26)30)13-19(28)24-16-10-8-15(22)9-11-16/h4-11H,3,12-13H2,1-2H3,(H,23,29)(H,24,28). The van der Waals surface area contributed by atoms with E-state index in [1.165, 1.54) is 4.68 Å². The minimum atomic E-state index is -0.232. The van der Waals surface area contributed by atoms with Crippen molar-refractivity contribution in [1.82, 2.24) is 19.7 Å². The molecule has 1 aromatic heterocycles. The highest BCUT2D eigenvalue weighted by Gasteiger charge is 2.14. The smallest absolute Gasteiger partial charge is 0.251 e. The van der Waals surface area contributed by atoms with Gasteiger partial charge in [-0.2, -0.15) is 5.10 Å². The van der Waals surface area contributed by atoms with E-state index in [-0.39, 0.29) is 24.9 Å². The van der Waals surface area contributed by atoms with Crippen LogP contribution in [0.2, 0.25) is 0 Å². The molecule has 2 aromatic carbocycles. The van der Waals surface area contributed by atoms with Gasteiger partial charge in [0.05, 0.1) is 6.54 Å². The molecule has 2 amide bonds. The van der Waals surface area contributed by atoms with Crippen molar-refractivity contribution < 1.29 is 9.59 Å². The first-order chi connectivity index (χ1) is 14.4. The predicted molar refractivity (Wildman–Crippen MR) is 122 cm³/mol. The van der Waals surface area contributed by atoms with Gasteiger partial charge in [0.1, 0.15) is 6.54 Å². The third-order valence-electron chi connectivity index (χ3n) is 4.53. The van der Waals surface area contributed by atoms with Gasteiger partial charge in [0.15, 0.2) is 10.6 Å². The summed E-state index contributed by atoms with van der Waals surface area (Å²) in [5.41, 5.74) is 2.21. The lowest BCUT2D eigenvalue weighted by Crippen LogP contribution is -2.25. The molecule has 2 N–H and O–H groups in total. The molecule has 0 saturated heterocycles. The highest BCUT2D eigenvalue weighted by molar-refractivity contribution is 9.10. The van der Waals surface area contributed by atoms with Crippen molar-refractivity contribution in [2.24, 2.45) is 0 Å². The van der Waals surface area contributed by atoms with Crippen LogP contribution in [-0.2, 0) is 24.4 Å². The molecule has 0 aliphatic heterocycles. The maximum atomic E-state index is 12.5. The van der Waals surface area contributed by atoms with E-state index in [0.717, 1.165) is 10.0 Å². The first-order valence-electron chi connectivity index (χ1n) is 9.44. The van der Waals surface area contributed by atoms with E-state index >= 15 is 0 Å². The second-order valence-corrected chi connectivity index (χ2v) is 7.93. The number of rotatable bonds is 7. The number of benzene rings is 2. The van der Waals surface area contributed by atoms with Gasteiger partial charge < -0.3 is 15.2 Å². The van der Waals surface area contributed by atoms with E-state index in [2.05, 4.69) is 31.7 Å². The molecule has 0 atom stereocenters. The van der Waals surface area contributed by atoms with Gasteiger partial charge in [-0.15, -0.1) is 0 Å². The van der Waals surface area contributed by atoms with Crippen LogP contribution < -0.4 is 10.6 Å². The van der Waals surface area contributed by atoms with Crippen LogP contribution in [0.4, 0.5) is 5.69 Å². The molecule has 1 heterocycles. The Kier molecular flexibility index (Phi) is 7.17. The zero-order valence-corrected chi connectivity index (χ0v) is 19.1. The van der Waals surface area contributed by atoms with E-state index in [4.69, 9.17) is 12.2 Å². The Morgan fingerprint density at radius 2 is 1.83 bits per heavy atom. The summed E-state index contributed by atoms with van der Waals surface area (Å²) in [6.07, 6.45) is 0. The third kappa shape index (κ3) is 5.22. The first kappa shape index (κ1) is 21.9. The maximum Gasteiger partial charge on any atom is 0.251 e. The number of carbonyl (C=O) groups excluding carboxylic acids is 2. The number of aryl methyl sites for hydroxylation is 1. The molecule has 0 fully saturated rings. The van der Waals surface area contributed by atoms with Gasteiger partial charge in [-0.25, -0.2) is 4.68 Å². The fourth-order valence-electron chi connectivity index (χ4n) is 2.99. The van der Waals surface area contributed by atoms with Gasteiger partial charge in [-0.05, 0) is 62.0 Å². The highest BCUT2D eigenvalue weighted by atomic mass is 79.9. The van der Waals surface area contributed by atoms with Crippen LogP contribution in [0, 0.1) is 11.7 Å². The number of carbonyl (C=O) groups is 2. The Morgan fingerprint density at radius 1 is 1.13 bits per heavy atom. The van der Waals surface area contributed by atoms with Crippen LogP contribution in [0.1, 0.15) is 28.7 Å². The van der Waals surface area contributed by atoms with Crippen molar-refractivity contribution in [3.63, 3.8) is 0 Å². The molecule has 0 saturated carbocycles. The summed E-state index contributed by atoms with van der Waals surface area (Å²) in [7, 11) is 0. The normalized spacial score (nSPS) is 10.6. The van der Waals surface area contributed by atoms with Gasteiger partial charge in [-0.1, -0.05) is 34.1 Å². The third-order valence-corrected chi connectivity index (χ3v) is 5.49. The Bertz CT molecular complexity index is 1120. The Morgan fingerprint density at radius 3 is 2.50 bits per heavy atom. The van der Waals surface area contributed by atoms with Crippen LogP contribution in [0.5, 0.6) is 0 Å². The van der Waals surface area contributed by atoms with Crippen LogP contribution in [0.15, 0.2) is 53.0 Å². The van der Waals surface area contributed by atoms with E-state index < -0.39 is 0 Å². The van der Waals surface area contributed by atoms with Gasteiger partial charge in [-0.3, -0.25) is 9.59 Å². The molecular weight excluding hydrogens is 466 g/mol. The summed E-state index contributed by atoms with van der Waals surface area (Å²) in [4.78, 5) is 24.9. The highest BCUT2D eigenvalue weighted by Crippen LogP contribution is 2.14. The Labute approximate surface area is 188 Å². The fraction of sp³-hybridized carbons (Fsp3) is 0.238. The van der Waals surface area contributed by atoms with E-state index in [0.29, 0.717) is 28.4 Å². The van der Waals surface area contributed by atoms with Gasteiger partial charge in [0, 0.05) is 22.3 Å². The lowest BCUT2D eigenvalue weighted by molar-refractivity contribution is -0.116. The number of amides is 2. The fourth-order valence-corrected chi connectivity index (χ4v) is 3.59. The van der Waals surface area contributed by atoms with Crippen LogP contribution in [-0.4, -0.2) is 26.2 Å². The van der Waals surface area contributed by atoms with E-state index in [1.54, 1.807) is 22.8 Å². The van der Waals surface area contributed by atoms with Gasteiger partial charge >= 0.3 is 0 Å². The monoisotopic (exact) mass is 487 g/mol. The van der Waals surface area contributed by atoms with Crippen molar-refractivity contribution in [3.05, 3.63) is 74.7 Å². The lowest BCUT2D eigenvalue weighted by Gasteiger charge is -2.07. The lowest BCUT2D eigenvalue weighted by atomic mass is 10.1. The van der Waals surface area contributed by atoms with Crippen molar-refractivity contribution in [1.29, 1.82) is 0 Å². The van der Waals surface area contributed by atoms with Crippen LogP contribution >= 0.6 is 28.1 Å². The zero-order valence-electron chi connectivity index (χ0n) is 16.7. The maximum absolute atomic E-state index is 12.5. The number of hydrogen-bond acceptors (Lipinski definition) is 4. The number of halogens is 1. The molecule has 0 radical (unpaired) electrons. The second-order valence-electron chi connectivity index (χ2n) is 6.65. The number of hydrogen-bond donors (Lipinski definition) is 2. The molecule has 0 aliphatic carbocycles. The summed E-state index contributed by atoms with van der Waals surface area (Å²) in [6.45, 7) is 4.62. The summed E-state index contributed by atoms with van der Waals surface area (Å²) in [5.74, 6) is 0.190. The molecule has 7 nitrogen and oxygen atoms in total. The molecule has 156 valence electrons. The minimum absolute atomic E-state index is 0.0133. The number of nitrogens with one attached hydrogen (secondary N) is 2. The zero-order chi connectivity index (χ0) is 21.7. The molecule has 0 bridgehead atoms. The molecule has 3 rings (SSSR count). The average Bonchev–Trinajstić information content (AvgIpc) is 3.02. The number of anilines is 1. The minimum Gasteiger partial charge on any atom is -0.345 e. The molecule has 30 heavy (non-hydrogen) atoms.